The molecule has 0 aromatic heterocycles. The number of anilines is 2. The molecule has 1 heterocycles. The van der Waals surface area contributed by atoms with Crippen molar-refractivity contribution in [3.05, 3.63) is 58.7 Å². The number of ether oxygens (including phenoxy) is 1. The van der Waals surface area contributed by atoms with Gasteiger partial charge in [-0.1, -0.05) is 25.1 Å². The zero-order valence-corrected chi connectivity index (χ0v) is 19.4. The molecule has 1 saturated heterocycles. The van der Waals surface area contributed by atoms with Crippen LogP contribution in [0.1, 0.15) is 35.6 Å². The third-order valence-electron chi connectivity index (χ3n) is 6.31. The highest BCUT2D eigenvalue weighted by Gasteiger charge is 2.57. The van der Waals surface area contributed by atoms with Gasteiger partial charge in [-0.25, -0.2) is 0 Å². The average Bonchev–Trinajstić information content (AvgIpc) is 3.04. The molecule has 190 valence electrons. The number of nitrogens with one attached hydrogen (secondary N) is 1. The van der Waals surface area contributed by atoms with Gasteiger partial charge in [0.1, 0.15) is 5.41 Å². The van der Waals surface area contributed by atoms with E-state index in [1.54, 1.807) is 39.0 Å². The molecule has 0 saturated carbocycles. The topological polar surface area (TPSA) is 58.6 Å². The lowest BCUT2D eigenvalue weighted by Gasteiger charge is -2.30. The predicted octanol–water partition coefficient (Wildman–Crippen LogP) is 5.74. The van der Waals surface area contributed by atoms with E-state index in [2.05, 4.69) is 5.32 Å². The van der Waals surface area contributed by atoms with Crippen molar-refractivity contribution in [1.29, 1.82) is 0 Å². The van der Waals surface area contributed by atoms with Crippen LogP contribution in [0.5, 0.6) is 0 Å². The number of carbonyl (C=O) groups excluding carboxylic acids is 2. The normalized spacial score (nSPS) is 20.9. The molecule has 3 rings (SSSR count). The van der Waals surface area contributed by atoms with Gasteiger partial charge < -0.3 is 15.0 Å². The number of aryl methyl sites for hydroxylation is 2. The first-order valence-electron chi connectivity index (χ1n) is 10.7. The van der Waals surface area contributed by atoms with Crippen LogP contribution in [0.2, 0.25) is 0 Å². The lowest BCUT2D eigenvalue weighted by molar-refractivity contribution is -0.143. The zero-order valence-electron chi connectivity index (χ0n) is 19.4. The maximum Gasteiger partial charge on any atom is 0.416 e. The van der Waals surface area contributed by atoms with Crippen LogP contribution < -0.4 is 10.2 Å². The molecule has 11 heteroatoms. The van der Waals surface area contributed by atoms with Crippen molar-refractivity contribution in [2.75, 3.05) is 23.9 Å². The molecular weight excluding hydrogens is 478 g/mol. The quantitative estimate of drug-likeness (QED) is 0.531. The number of methoxy groups -OCH3 is 1. The molecule has 2 amide bonds. The summed E-state index contributed by atoms with van der Waals surface area (Å²) in [4.78, 5) is 28.1. The maximum atomic E-state index is 13.4. The molecule has 1 aliphatic rings. The number of rotatable bonds is 5. The van der Waals surface area contributed by atoms with Gasteiger partial charge >= 0.3 is 12.4 Å². The van der Waals surface area contributed by atoms with Crippen LogP contribution in [-0.2, 0) is 26.7 Å². The summed E-state index contributed by atoms with van der Waals surface area (Å²) < 4.78 is 84.8. The number of halogens is 6. The summed E-state index contributed by atoms with van der Waals surface area (Å²) in [5.41, 5.74) is -3.28. The Morgan fingerprint density at radius 3 is 2.00 bits per heavy atom. The second-order valence-corrected chi connectivity index (χ2v) is 8.54. The van der Waals surface area contributed by atoms with E-state index in [4.69, 9.17) is 4.74 Å². The Balaban J connectivity index is 2.05. The highest BCUT2D eigenvalue weighted by molar-refractivity contribution is 6.09. The smallest absolute Gasteiger partial charge is 0.370 e. The van der Waals surface area contributed by atoms with Gasteiger partial charge in [-0.2, -0.15) is 26.3 Å². The van der Waals surface area contributed by atoms with Gasteiger partial charge in [0.25, 0.3) is 5.91 Å². The van der Waals surface area contributed by atoms with Gasteiger partial charge in [0.05, 0.1) is 11.1 Å². The van der Waals surface area contributed by atoms with E-state index in [9.17, 15) is 35.9 Å². The summed E-state index contributed by atoms with van der Waals surface area (Å²) >= 11 is 0. The SMILES string of the molecule is CC[C@@]1(C(=O)Nc2cc(C(F)(F)F)cc(C(F)(F)F)c2)CN(c2c(C)cccc2C)C(=O)[C@H]1OC. The average molecular weight is 502 g/mol. The number of alkyl halides is 6. The van der Waals surface area contributed by atoms with Crippen LogP contribution in [0.25, 0.3) is 0 Å². The van der Waals surface area contributed by atoms with Crippen molar-refractivity contribution >= 4 is 23.2 Å². The van der Waals surface area contributed by atoms with Gasteiger partial charge in [0.2, 0.25) is 5.91 Å². The van der Waals surface area contributed by atoms with Crippen LogP contribution in [-0.4, -0.2) is 31.6 Å². The Kier molecular flexibility index (Phi) is 6.95. The molecule has 0 unspecified atom stereocenters. The molecule has 1 aliphatic heterocycles. The lowest BCUT2D eigenvalue weighted by atomic mass is 9.80. The minimum absolute atomic E-state index is 0.0228. The van der Waals surface area contributed by atoms with Crippen LogP contribution in [0.4, 0.5) is 37.7 Å². The number of para-hydroxylation sites is 1. The highest BCUT2D eigenvalue weighted by atomic mass is 19.4. The standard InChI is InChI=1S/C24H24F6N2O3/c1-5-22(12-32(20(33)19(22)35-4)18-13(2)7-6-8-14(18)3)21(34)31-17-10-15(23(25,26)27)9-16(11-17)24(28,29)30/h6-11,19H,5,12H2,1-4H3,(H,31,34)/t19-,22-/m1/s1. The van der Waals surface area contributed by atoms with Crippen molar-refractivity contribution in [1.82, 2.24) is 0 Å². The molecule has 0 radical (unpaired) electrons. The van der Waals surface area contributed by atoms with E-state index >= 15 is 0 Å². The molecule has 0 spiro atoms. The first kappa shape index (κ1) is 26.5. The molecule has 2 aromatic carbocycles. The zero-order chi connectivity index (χ0) is 26.3. The molecule has 1 N–H and O–H groups in total. The summed E-state index contributed by atoms with van der Waals surface area (Å²) in [6.07, 6.45) is -11.4. The highest BCUT2D eigenvalue weighted by Crippen LogP contribution is 2.43. The number of carbonyl (C=O) groups is 2. The monoisotopic (exact) mass is 502 g/mol. The van der Waals surface area contributed by atoms with Gasteiger partial charge in [-0.3, -0.25) is 9.59 Å². The molecule has 2 aromatic rings. The minimum atomic E-state index is -5.07. The first-order valence-corrected chi connectivity index (χ1v) is 10.7. The van der Waals surface area contributed by atoms with E-state index in [-0.39, 0.29) is 19.0 Å². The Hall–Kier alpha value is -3.08. The second kappa shape index (κ2) is 9.18. The third kappa shape index (κ3) is 4.86. The van der Waals surface area contributed by atoms with Crippen molar-refractivity contribution in [2.45, 2.75) is 45.6 Å². The van der Waals surface area contributed by atoms with E-state index in [0.717, 1.165) is 11.1 Å². The first-order chi connectivity index (χ1) is 16.2. The third-order valence-corrected chi connectivity index (χ3v) is 6.31. The fourth-order valence-electron chi connectivity index (χ4n) is 4.50. The summed E-state index contributed by atoms with van der Waals surface area (Å²) in [7, 11) is 1.22. The predicted molar refractivity (Wildman–Crippen MR) is 117 cm³/mol. The Morgan fingerprint density at radius 2 is 1.57 bits per heavy atom. The van der Waals surface area contributed by atoms with Gasteiger partial charge in [-0.15, -0.1) is 0 Å². The van der Waals surface area contributed by atoms with E-state index < -0.39 is 52.5 Å². The molecule has 5 nitrogen and oxygen atoms in total. The minimum Gasteiger partial charge on any atom is -0.370 e. The molecule has 0 bridgehead atoms. The van der Waals surface area contributed by atoms with Gasteiger partial charge in [0.15, 0.2) is 6.10 Å². The summed E-state index contributed by atoms with van der Waals surface area (Å²) in [6, 6.07) is 6.20. The van der Waals surface area contributed by atoms with E-state index in [1.807, 2.05) is 0 Å². The molecule has 1 fully saturated rings. The van der Waals surface area contributed by atoms with Crippen molar-refractivity contribution in [2.24, 2.45) is 5.41 Å². The van der Waals surface area contributed by atoms with Crippen molar-refractivity contribution in [3.8, 4) is 0 Å². The van der Waals surface area contributed by atoms with Crippen LogP contribution in [0.3, 0.4) is 0 Å². The van der Waals surface area contributed by atoms with Crippen LogP contribution in [0, 0.1) is 19.3 Å². The summed E-state index contributed by atoms with van der Waals surface area (Å²) in [6.45, 7) is 5.00. The number of amides is 2. The van der Waals surface area contributed by atoms with E-state index in [1.165, 1.54) is 12.0 Å². The molecule has 35 heavy (non-hydrogen) atoms. The fourth-order valence-corrected chi connectivity index (χ4v) is 4.50. The number of nitrogens with zero attached hydrogens (tertiary/aromatic N) is 1. The molecular formula is C24H24F6N2O3. The van der Waals surface area contributed by atoms with Crippen molar-refractivity contribution < 1.29 is 40.7 Å². The lowest BCUT2D eigenvalue weighted by Crippen LogP contribution is -2.46. The number of hydrogen-bond donors (Lipinski definition) is 1. The Labute approximate surface area is 198 Å². The Morgan fingerprint density at radius 1 is 1.06 bits per heavy atom. The van der Waals surface area contributed by atoms with Crippen LogP contribution >= 0.6 is 0 Å². The molecule has 2 atom stereocenters. The van der Waals surface area contributed by atoms with Gasteiger partial charge in [-0.05, 0) is 49.6 Å². The number of benzene rings is 2. The number of hydrogen-bond acceptors (Lipinski definition) is 3. The fraction of sp³-hybridized carbons (Fsp3) is 0.417. The maximum absolute atomic E-state index is 13.4. The Bertz CT molecular complexity index is 1090. The van der Waals surface area contributed by atoms with Crippen LogP contribution in [0.15, 0.2) is 36.4 Å². The van der Waals surface area contributed by atoms with Crippen molar-refractivity contribution in [3.63, 3.8) is 0 Å². The summed E-state index contributed by atoms with van der Waals surface area (Å²) in [5, 5.41) is 2.19. The largest absolute Gasteiger partial charge is 0.416 e. The summed E-state index contributed by atoms with van der Waals surface area (Å²) in [5.74, 6) is -1.44. The van der Waals surface area contributed by atoms with E-state index in [0.29, 0.717) is 17.8 Å². The van der Waals surface area contributed by atoms with Gasteiger partial charge in [0, 0.05) is 25.0 Å². The molecule has 0 aliphatic carbocycles. The second-order valence-electron chi connectivity index (χ2n) is 8.54.